The Hall–Kier alpha value is -1.84. The van der Waals surface area contributed by atoms with E-state index in [9.17, 15) is 4.79 Å². The molecule has 118 valence electrons. The number of thiocarbonyl (C=S) groups is 1. The van der Waals surface area contributed by atoms with Crippen LogP contribution < -0.4 is 0 Å². The predicted octanol–water partition coefficient (Wildman–Crippen LogP) is 4.25. The van der Waals surface area contributed by atoms with Crippen molar-refractivity contribution in [1.82, 2.24) is 4.90 Å². The minimum atomic E-state index is 0.0335. The Labute approximate surface area is 143 Å². The third-order valence-corrected chi connectivity index (χ3v) is 4.66. The number of hydrogen-bond acceptors (Lipinski definition) is 3. The molecule has 23 heavy (non-hydrogen) atoms. The molecular formula is C20H21NOS. The number of nitrogens with zero attached hydrogens (tertiary/aromatic N) is 1. The zero-order valence-electron chi connectivity index (χ0n) is 13.2. The molecule has 3 heteroatoms. The molecule has 1 heterocycles. The van der Waals surface area contributed by atoms with Crippen molar-refractivity contribution in [2.45, 2.75) is 25.8 Å². The summed E-state index contributed by atoms with van der Waals surface area (Å²) in [5.41, 5.74) is 3.47. The smallest absolute Gasteiger partial charge is 0.193 e. The van der Waals surface area contributed by atoms with Gasteiger partial charge in [0.15, 0.2) is 5.78 Å². The minimum Gasteiger partial charge on any atom is -0.299 e. The van der Waals surface area contributed by atoms with Gasteiger partial charge < -0.3 is 0 Å². The van der Waals surface area contributed by atoms with E-state index in [1.54, 1.807) is 5.37 Å². The molecule has 0 unspecified atom stereocenters. The summed E-state index contributed by atoms with van der Waals surface area (Å²) in [6, 6.07) is 15.5. The lowest BCUT2D eigenvalue weighted by atomic mass is 9.98. The maximum atomic E-state index is 12.7. The minimum absolute atomic E-state index is 0.0335. The van der Waals surface area contributed by atoms with Gasteiger partial charge in [-0.05, 0) is 37.1 Å². The van der Waals surface area contributed by atoms with Crippen molar-refractivity contribution in [1.29, 1.82) is 0 Å². The van der Waals surface area contributed by atoms with Gasteiger partial charge in [0.2, 0.25) is 0 Å². The van der Waals surface area contributed by atoms with E-state index in [-0.39, 0.29) is 5.78 Å². The summed E-state index contributed by atoms with van der Waals surface area (Å²) in [5, 5.41) is 1.57. The second-order valence-corrected chi connectivity index (χ2v) is 6.30. The van der Waals surface area contributed by atoms with Crippen LogP contribution in [0.25, 0.3) is 0 Å². The molecule has 1 aliphatic heterocycles. The molecule has 2 aromatic rings. The van der Waals surface area contributed by atoms with Crippen molar-refractivity contribution < 1.29 is 4.79 Å². The van der Waals surface area contributed by atoms with Crippen LogP contribution in [-0.2, 0) is 6.54 Å². The lowest BCUT2D eigenvalue weighted by Crippen LogP contribution is -2.29. The Balaban J connectivity index is 1.73. The Morgan fingerprint density at radius 2 is 1.70 bits per heavy atom. The molecule has 0 aliphatic carbocycles. The highest BCUT2D eigenvalue weighted by Gasteiger charge is 2.13. The van der Waals surface area contributed by atoms with Crippen molar-refractivity contribution in [3.63, 3.8) is 0 Å². The normalized spacial score (nSPS) is 15.3. The van der Waals surface area contributed by atoms with E-state index >= 15 is 0 Å². The average molecular weight is 323 g/mol. The first-order chi connectivity index (χ1) is 11.3. The fourth-order valence-corrected chi connectivity index (χ4v) is 3.30. The number of carbonyl (C=O) groups is 1. The Morgan fingerprint density at radius 3 is 2.39 bits per heavy atom. The van der Waals surface area contributed by atoms with Crippen LogP contribution in [0.2, 0.25) is 0 Å². The number of rotatable bonds is 5. The van der Waals surface area contributed by atoms with Crippen LogP contribution in [-0.4, -0.2) is 29.1 Å². The molecule has 1 aliphatic rings. The van der Waals surface area contributed by atoms with Crippen LogP contribution in [0.4, 0.5) is 0 Å². The van der Waals surface area contributed by atoms with E-state index < -0.39 is 0 Å². The van der Waals surface area contributed by atoms with Gasteiger partial charge in [0.25, 0.3) is 0 Å². The number of carbonyl (C=O) groups excluding carboxylic acids is 1. The third kappa shape index (κ3) is 3.92. The third-order valence-electron chi connectivity index (χ3n) is 4.40. The van der Waals surface area contributed by atoms with E-state index in [1.165, 1.54) is 37.9 Å². The molecule has 0 bridgehead atoms. The number of benzene rings is 2. The molecule has 3 rings (SSSR count). The van der Waals surface area contributed by atoms with Crippen molar-refractivity contribution in [2.24, 2.45) is 0 Å². The van der Waals surface area contributed by atoms with Crippen LogP contribution in [0.3, 0.4) is 0 Å². The van der Waals surface area contributed by atoms with Gasteiger partial charge in [-0.2, -0.15) is 0 Å². The van der Waals surface area contributed by atoms with Crippen molar-refractivity contribution in [3.8, 4) is 0 Å². The monoisotopic (exact) mass is 323 g/mol. The summed E-state index contributed by atoms with van der Waals surface area (Å²) in [5.74, 6) is 0.0335. The predicted molar refractivity (Wildman–Crippen MR) is 98.2 cm³/mol. The van der Waals surface area contributed by atoms with Gasteiger partial charge in [0.1, 0.15) is 0 Å². The van der Waals surface area contributed by atoms with Crippen LogP contribution in [0.5, 0.6) is 0 Å². The Bertz CT molecular complexity index is 687. The second-order valence-electron chi connectivity index (χ2n) is 6.07. The fourth-order valence-electron chi connectivity index (χ4n) is 3.10. The largest absolute Gasteiger partial charge is 0.299 e. The van der Waals surface area contributed by atoms with Crippen LogP contribution in [0.15, 0.2) is 48.5 Å². The highest BCUT2D eigenvalue weighted by molar-refractivity contribution is 7.79. The highest BCUT2D eigenvalue weighted by Crippen LogP contribution is 2.17. The van der Waals surface area contributed by atoms with Gasteiger partial charge in [-0.3, -0.25) is 9.69 Å². The molecule has 0 atom stereocenters. The molecule has 1 fully saturated rings. The zero-order valence-corrected chi connectivity index (χ0v) is 14.0. The molecule has 1 saturated heterocycles. The van der Waals surface area contributed by atoms with Gasteiger partial charge >= 0.3 is 0 Å². The highest BCUT2D eigenvalue weighted by atomic mass is 32.1. The van der Waals surface area contributed by atoms with Crippen molar-refractivity contribution in [3.05, 3.63) is 70.8 Å². The van der Waals surface area contributed by atoms with Gasteiger partial charge in [0, 0.05) is 23.0 Å². The van der Waals surface area contributed by atoms with Gasteiger partial charge in [-0.15, -0.1) is 0 Å². The van der Waals surface area contributed by atoms with Gasteiger partial charge in [0.05, 0.1) is 0 Å². The molecule has 0 saturated carbocycles. The summed E-state index contributed by atoms with van der Waals surface area (Å²) >= 11 is 5.00. The van der Waals surface area contributed by atoms with Crippen LogP contribution in [0.1, 0.15) is 46.3 Å². The van der Waals surface area contributed by atoms with E-state index in [2.05, 4.69) is 17.0 Å². The summed E-state index contributed by atoms with van der Waals surface area (Å²) in [6.45, 7) is 3.34. The molecule has 0 amide bonds. The second kappa shape index (κ2) is 7.62. The van der Waals surface area contributed by atoms with Gasteiger partial charge in [-0.25, -0.2) is 0 Å². The Morgan fingerprint density at radius 1 is 1.00 bits per heavy atom. The molecule has 2 nitrogen and oxygen atoms in total. The van der Waals surface area contributed by atoms with Crippen LogP contribution in [0, 0.1) is 0 Å². The number of piperidine rings is 1. The number of likely N-dealkylation sites (tertiary alicyclic amines) is 1. The van der Waals surface area contributed by atoms with E-state index in [0.717, 1.165) is 17.7 Å². The van der Waals surface area contributed by atoms with E-state index in [4.69, 9.17) is 12.2 Å². The zero-order chi connectivity index (χ0) is 16.1. The SMILES string of the molecule is O=C(c1ccc(CN2CCCCC2)cc1)c1ccccc1C=S. The molecule has 2 aromatic carbocycles. The molecule has 0 N–H and O–H groups in total. The summed E-state index contributed by atoms with van der Waals surface area (Å²) in [4.78, 5) is 15.1. The summed E-state index contributed by atoms with van der Waals surface area (Å²) in [6.07, 6.45) is 3.94. The maximum absolute atomic E-state index is 12.7. The maximum Gasteiger partial charge on any atom is 0.193 e. The van der Waals surface area contributed by atoms with E-state index in [1.807, 2.05) is 36.4 Å². The Kier molecular flexibility index (Phi) is 5.31. The van der Waals surface area contributed by atoms with Crippen molar-refractivity contribution >= 4 is 23.4 Å². The first-order valence-electron chi connectivity index (χ1n) is 8.18. The molecule has 0 aromatic heterocycles. The lowest BCUT2D eigenvalue weighted by Gasteiger charge is -2.26. The number of hydrogen-bond donors (Lipinski definition) is 0. The van der Waals surface area contributed by atoms with Gasteiger partial charge in [-0.1, -0.05) is 67.2 Å². The summed E-state index contributed by atoms with van der Waals surface area (Å²) in [7, 11) is 0. The topological polar surface area (TPSA) is 20.3 Å². The molecule has 0 radical (unpaired) electrons. The quantitative estimate of drug-likeness (QED) is 0.606. The lowest BCUT2D eigenvalue weighted by molar-refractivity contribution is 0.103. The molecular weight excluding hydrogens is 302 g/mol. The van der Waals surface area contributed by atoms with Crippen LogP contribution >= 0.6 is 12.2 Å². The first kappa shape index (κ1) is 16.0. The summed E-state index contributed by atoms with van der Waals surface area (Å²) < 4.78 is 0. The number of ketones is 1. The average Bonchev–Trinajstić information content (AvgIpc) is 2.62. The standard InChI is InChI=1S/C20H21NOS/c22-20(19-7-3-2-6-18(19)15-23)17-10-8-16(9-11-17)14-21-12-4-1-5-13-21/h2-3,6-11,15H,1,4-5,12-14H2. The molecule has 0 spiro atoms. The van der Waals surface area contributed by atoms with Crippen molar-refractivity contribution in [2.75, 3.05) is 13.1 Å². The fraction of sp³-hybridized carbons (Fsp3) is 0.300. The van der Waals surface area contributed by atoms with E-state index in [0.29, 0.717) is 5.56 Å². The first-order valence-corrected chi connectivity index (χ1v) is 8.65.